The van der Waals surface area contributed by atoms with Crippen LogP contribution in [-0.4, -0.2) is 20.1 Å². The minimum atomic E-state index is 0.428. The van der Waals surface area contributed by atoms with Crippen molar-refractivity contribution in [3.8, 4) is 0 Å². The molecule has 1 atom stereocenters. The van der Waals surface area contributed by atoms with Crippen LogP contribution in [0.2, 0.25) is 0 Å². The first-order chi connectivity index (χ1) is 8.41. The van der Waals surface area contributed by atoms with Crippen LogP contribution in [0.3, 0.4) is 0 Å². The van der Waals surface area contributed by atoms with E-state index in [0.717, 1.165) is 5.92 Å². The first-order valence-corrected chi connectivity index (χ1v) is 6.94. The Kier molecular flexibility index (Phi) is 3.67. The van der Waals surface area contributed by atoms with Crippen molar-refractivity contribution in [3.63, 3.8) is 0 Å². The molecule has 1 fully saturated rings. The van der Waals surface area contributed by atoms with Crippen LogP contribution in [0.5, 0.6) is 0 Å². The Morgan fingerprint density at radius 2 is 1.72 bits per heavy atom. The lowest BCUT2D eigenvalue weighted by Crippen LogP contribution is -2.52. The normalized spacial score (nSPS) is 18.6. The zero-order chi connectivity index (χ0) is 13.3. The Balaban J connectivity index is 1.97. The molecular formula is C16H26N2. The minimum absolute atomic E-state index is 0.428. The quantitative estimate of drug-likeness (QED) is 0.879. The second kappa shape index (κ2) is 4.93. The Bertz CT molecular complexity index is 383. The molecule has 0 bridgehead atoms. The van der Waals surface area contributed by atoms with Crippen LogP contribution < -0.4 is 10.2 Å². The van der Waals surface area contributed by atoms with Crippen molar-refractivity contribution in [2.24, 2.45) is 11.3 Å². The van der Waals surface area contributed by atoms with Crippen molar-refractivity contribution in [2.75, 3.05) is 25.0 Å². The first kappa shape index (κ1) is 13.4. The van der Waals surface area contributed by atoms with Crippen LogP contribution in [0.15, 0.2) is 24.3 Å². The molecule has 2 nitrogen and oxygen atoms in total. The van der Waals surface area contributed by atoms with Gasteiger partial charge in [-0.3, -0.25) is 0 Å². The lowest BCUT2D eigenvalue weighted by Gasteiger charge is -2.47. The molecule has 0 aromatic heterocycles. The molecule has 1 aliphatic rings. The van der Waals surface area contributed by atoms with Gasteiger partial charge in [-0.1, -0.05) is 32.9 Å². The summed E-state index contributed by atoms with van der Waals surface area (Å²) in [6, 6.07) is 9.41. The summed E-state index contributed by atoms with van der Waals surface area (Å²) in [6.07, 6.45) is 0. The molecule has 0 aliphatic carbocycles. The first-order valence-electron chi connectivity index (χ1n) is 6.94. The Hall–Kier alpha value is -1.02. The molecule has 0 spiro atoms. The van der Waals surface area contributed by atoms with Crippen LogP contribution in [-0.2, 0) is 0 Å². The molecule has 2 heteroatoms. The topological polar surface area (TPSA) is 15.3 Å². The third-order valence-corrected chi connectivity index (χ3v) is 4.30. The Morgan fingerprint density at radius 3 is 2.17 bits per heavy atom. The van der Waals surface area contributed by atoms with E-state index in [1.54, 1.807) is 0 Å². The van der Waals surface area contributed by atoms with E-state index in [-0.39, 0.29) is 0 Å². The van der Waals surface area contributed by atoms with Crippen LogP contribution in [0.4, 0.5) is 5.69 Å². The highest BCUT2D eigenvalue weighted by Gasteiger charge is 2.35. The van der Waals surface area contributed by atoms with Gasteiger partial charge in [0.15, 0.2) is 0 Å². The lowest BCUT2D eigenvalue weighted by atomic mass is 9.76. The van der Waals surface area contributed by atoms with Crippen molar-refractivity contribution in [2.45, 2.75) is 33.7 Å². The standard InChI is InChI=1S/C16H26N2/c1-12(17-5)13-6-8-15(9-7-13)18-10-14(11-18)16(2,3)4/h6-9,12,14,17H,10-11H2,1-5H3. The molecule has 1 aliphatic heterocycles. The van der Waals surface area contributed by atoms with Gasteiger partial charge >= 0.3 is 0 Å². The fraction of sp³-hybridized carbons (Fsp3) is 0.625. The maximum atomic E-state index is 3.27. The summed E-state index contributed by atoms with van der Waals surface area (Å²) < 4.78 is 0. The molecule has 0 saturated carbocycles. The van der Waals surface area contributed by atoms with E-state index in [4.69, 9.17) is 0 Å². The molecule has 18 heavy (non-hydrogen) atoms. The van der Waals surface area contributed by atoms with E-state index in [9.17, 15) is 0 Å². The second-order valence-electron chi connectivity index (χ2n) is 6.57. The van der Waals surface area contributed by atoms with Gasteiger partial charge in [0.25, 0.3) is 0 Å². The summed E-state index contributed by atoms with van der Waals surface area (Å²) in [5.74, 6) is 0.827. The number of hydrogen-bond donors (Lipinski definition) is 1. The molecule has 1 heterocycles. The highest BCUT2D eigenvalue weighted by Crippen LogP contribution is 2.36. The van der Waals surface area contributed by atoms with Crippen LogP contribution >= 0.6 is 0 Å². The molecule has 1 unspecified atom stereocenters. The lowest BCUT2D eigenvalue weighted by molar-refractivity contribution is 0.195. The molecule has 1 aromatic carbocycles. The van der Waals surface area contributed by atoms with Gasteiger partial charge in [0.05, 0.1) is 0 Å². The Morgan fingerprint density at radius 1 is 1.17 bits per heavy atom. The minimum Gasteiger partial charge on any atom is -0.371 e. The van der Waals surface area contributed by atoms with E-state index < -0.39 is 0 Å². The van der Waals surface area contributed by atoms with Gasteiger partial charge in [0, 0.05) is 24.8 Å². The van der Waals surface area contributed by atoms with Gasteiger partial charge in [-0.25, -0.2) is 0 Å². The van der Waals surface area contributed by atoms with Crippen LogP contribution in [0.25, 0.3) is 0 Å². The maximum Gasteiger partial charge on any atom is 0.0366 e. The highest BCUT2D eigenvalue weighted by molar-refractivity contribution is 5.50. The van der Waals surface area contributed by atoms with Gasteiger partial charge in [0.1, 0.15) is 0 Å². The molecule has 0 radical (unpaired) electrons. The van der Waals surface area contributed by atoms with E-state index in [0.29, 0.717) is 11.5 Å². The van der Waals surface area contributed by atoms with E-state index >= 15 is 0 Å². The SMILES string of the molecule is CNC(C)c1ccc(N2CC(C(C)(C)C)C2)cc1. The van der Waals surface area contributed by atoms with Gasteiger partial charge in [0.2, 0.25) is 0 Å². The summed E-state index contributed by atoms with van der Waals surface area (Å²) in [5, 5.41) is 3.27. The number of nitrogens with zero attached hydrogens (tertiary/aromatic N) is 1. The largest absolute Gasteiger partial charge is 0.371 e. The zero-order valence-electron chi connectivity index (χ0n) is 12.3. The fourth-order valence-corrected chi connectivity index (χ4v) is 2.38. The maximum absolute atomic E-state index is 3.27. The van der Waals surface area contributed by atoms with E-state index in [1.165, 1.54) is 24.3 Å². The molecule has 1 aromatic rings. The number of nitrogens with one attached hydrogen (secondary N) is 1. The van der Waals surface area contributed by atoms with E-state index in [2.05, 4.69) is 62.2 Å². The average Bonchev–Trinajstić information content (AvgIpc) is 2.25. The summed E-state index contributed by atoms with van der Waals surface area (Å²) in [5.41, 5.74) is 3.16. The number of rotatable bonds is 3. The van der Waals surface area contributed by atoms with Crippen molar-refractivity contribution in [1.82, 2.24) is 5.32 Å². The zero-order valence-corrected chi connectivity index (χ0v) is 12.3. The number of hydrogen-bond acceptors (Lipinski definition) is 2. The van der Waals surface area contributed by atoms with Gasteiger partial charge < -0.3 is 10.2 Å². The van der Waals surface area contributed by atoms with Crippen molar-refractivity contribution in [1.29, 1.82) is 0 Å². The second-order valence-corrected chi connectivity index (χ2v) is 6.57. The summed E-state index contributed by atoms with van der Waals surface area (Å²) in [6.45, 7) is 11.6. The molecule has 0 amide bonds. The van der Waals surface area contributed by atoms with Crippen molar-refractivity contribution < 1.29 is 0 Å². The van der Waals surface area contributed by atoms with Crippen molar-refractivity contribution >= 4 is 5.69 Å². The molecule has 100 valence electrons. The highest BCUT2D eigenvalue weighted by atomic mass is 15.2. The molecule has 2 rings (SSSR count). The summed E-state index contributed by atoms with van der Waals surface area (Å²) in [7, 11) is 2.00. The number of benzene rings is 1. The van der Waals surface area contributed by atoms with Crippen LogP contribution in [0, 0.1) is 11.3 Å². The summed E-state index contributed by atoms with van der Waals surface area (Å²) in [4.78, 5) is 2.48. The molecule has 1 saturated heterocycles. The van der Waals surface area contributed by atoms with Crippen molar-refractivity contribution in [3.05, 3.63) is 29.8 Å². The fourth-order valence-electron chi connectivity index (χ4n) is 2.38. The third-order valence-electron chi connectivity index (χ3n) is 4.30. The van der Waals surface area contributed by atoms with Gasteiger partial charge in [-0.05, 0) is 43.0 Å². The van der Waals surface area contributed by atoms with Gasteiger partial charge in [-0.15, -0.1) is 0 Å². The summed E-state index contributed by atoms with van der Waals surface area (Å²) >= 11 is 0. The molecule has 1 N–H and O–H groups in total. The predicted octanol–water partition coefficient (Wildman–Crippen LogP) is 3.45. The predicted molar refractivity (Wildman–Crippen MR) is 79.1 cm³/mol. The van der Waals surface area contributed by atoms with Crippen LogP contribution in [0.1, 0.15) is 39.3 Å². The Labute approximate surface area is 111 Å². The monoisotopic (exact) mass is 246 g/mol. The smallest absolute Gasteiger partial charge is 0.0366 e. The number of anilines is 1. The third kappa shape index (κ3) is 2.69. The molecular weight excluding hydrogens is 220 g/mol. The van der Waals surface area contributed by atoms with E-state index in [1.807, 2.05) is 7.05 Å². The average molecular weight is 246 g/mol. The van der Waals surface area contributed by atoms with Gasteiger partial charge in [-0.2, -0.15) is 0 Å².